The van der Waals surface area contributed by atoms with Crippen LogP contribution < -0.4 is 0 Å². The van der Waals surface area contributed by atoms with Gasteiger partial charge in [-0.3, -0.25) is 0 Å². The second-order valence-corrected chi connectivity index (χ2v) is 3.09. The molecule has 1 aromatic rings. The summed E-state index contributed by atoms with van der Waals surface area (Å²) >= 11 is 0. The Morgan fingerprint density at radius 1 is 1.25 bits per heavy atom. The average molecular weight is 161 g/mol. The molecule has 0 heterocycles. The van der Waals surface area contributed by atoms with E-state index in [0.717, 1.165) is 18.6 Å². The van der Waals surface area contributed by atoms with E-state index in [1.165, 1.54) is 5.56 Å². The zero-order valence-corrected chi connectivity index (χ0v) is 6.77. The molecular formula is C10H11NO. The fourth-order valence-electron chi connectivity index (χ4n) is 1.58. The normalized spacial score (nSPS) is 25.3. The van der Waals surface area contributed by atoms with E-state index >= 15 is 0 Å². The van der Waals surface area contributed by atoms with Crippen molar-refractivity contribution in [3.8, 4) is 0 Å². The third-order valence-corrected chi connectivity index (χ3v) is 2.42. The predicted octanol–water partition coefficient (Wildman–Crippen LogP) is 2.39. The molecule has 1 aliphatic rings. The second-order valence-electron chi connectivity index (χ2n) is 3.09. The minimum absolute atomic E-state index is 0.371. The van der Waals surface area contributed by atoms with Crippen molar-refractivity contribution in [2.24, 2.45) is 5.16 Å². The first-order chi connectivity index (χ1) is 5.92. The molecule has 0 radical (unpaired) electrons. The van der Waals surface area contributed by atoms with Gasteiger partial charge < -0.3 is 5.21 Å². The maximum absolute atomic E-state index is 8.61. The van der Waals surface area contributed by atoms with Crippen LogP contribution >= 0.6 is 0 Å². The van der Waals surface area contributed by atoms with Crippen LogP contribution in [-0.2, 0) is 0 Å². The monoisotopic (exact) mass is 161 g/mol. The molecule has 1 N–H and O–H groups in total. The largest absolute Gasteiger partial charge is 0.411 e. The Labute approximate surface area is 71.5 Å². The first-order valence-electron chi connectivity index (χ1n) is 4.17. The van der Waals surface area contributed by atoms with Crippen molar-refractivity contribution in [2.75, 3.05) is 0 Å². The lowest BCUT2D eigenvalue weighted by Gasteiger charge is -2.26. The van der Waals surface area contributed by atoms with Crippen molar-refractivity contribution in [3.63, 3.8) is 0 Å². The van der Waals surface area contributed by atoms with E-state index in [0.29, 0.717) is 5.92 Å². The van der Waals surface area contributed by atoms with Crippen LogP contribution in [0, 0.1) is 0 Å². The van der Waals surface area contributed by atoms with Crippen molar-refractivity contribution in [3.05, 3.63) is 35.9 Å². The van der Waals surface area contributed by atoms with Crippen LogP contribution in [0.15, 0.2) is 35.5 Å². The van der Waals surface area contributed by atoms with Gasteiger partial charge in [0.2, 0.25) is 0 Å². The third kappa shape index (κ3) is 1.09. The maximum Gasteiger partial charge on any atom is 0.0645 e. The third-order valence-electron chi connectivity index (χ3n) is 2.42. The van der Waals surface area contributed by atoms with Gasteiger partial charge in [0.1, 0.15) is 0 Å². The van der Waals surface area contributed by atoms with Crippen LogP contribution in [0.4, 0.5) is 0 Å². The Hall–Kier alpha value is -1.31. The highest BCUT2D eigenvalue weighted by Gasteiger charge is 2.27. The quantitative estimate of drug-likeness (QED) is 0.498. The summed E-state index contributed by atoms with van der Waals surface area (Å²) in [6.07, 6.45) is 2.06. The lowest BCUT2D eigenvalue weighted by Crippen LogP contribution is -2.23. The van der Waals surface area contributed by atoms with Gasteiger partial charge in [0.25, 0.3) is 0 Å². The molecule has 1 saturated carbocycles. The van der Waals surface area contributed by atoms with E-state index in [2.05, 4.69) is 17.3 Å². The first-order valence-corrected chi connectivity index (χ1v) is 4.17. The number of hydrogen-bond acceptors (Lipinski definition) is 2. The summed E-state index contributed by atoms with van der Waals surface area (Å²) in [5, 5.41) is 11.9. The number of nitrogens with zero attached hydrogens (tertiary/aromatic N) is 1. The molecule has 1 unspecified atom stereocenters. The van der Waals surface area contributed by atoms with E-state index in [4.69, 9.17) is 5.21 Å². The number of oxime groups is 1. The summed E-state index contributed by atoms with van der Waals surface area (Å²) < 4.78 is 0. The second kappa shape index (κ2) is 2.97. The van der Waals surface area contributed by atoms with Crippen LogP contribution in [0.5, 0.6) is 0 Å². The maximum atomic E-state index is 8.61. The highest BCUT2D eigenvalue weighted by Crippen LogP contribution is 2.33. The average Bonchev–Trinajstić information content (AvgIpc) is 2.05. The van der Waals surface area contributed by atoms with Crippen LogP contribution in [0.25, 0.3) is 0 Å². The van der Waals surface area contributed by atoms with Gasteiger partial charge in [0.05, 0.1) is 5.71 Å². The smallest absolute Gasteiger partial charge is 0.0645 e. The van der Waals surface area contributed by atoms with Gasteiger partial charge >= 0.3 is 0 Å². The summed E-state index contributed by atoms with van der Waals surface area (Å²) in [4.78, 5) is 0. The lowest BCUT2D eigenvalue weighted by molar-refractivity contribution is 0.310. The van der Waals surface area contributed by atoms with Gasteiger partial charge in [-0.05, 0) is 18.4 Å². The molecule has 2 nitrogen and oxygen atoms in total. The van der Waals surface area contributed by atoms with Crippen molar-refractivity contribution in [1.29, 1.82) is 0 Å². The number of rotatable bonds is 1. The Morgan fingerprint density at radius 3 is 2.50 bits per heavy atom. The topological polar surface area (TPSA) is 32.6 Å². The molecule has 0 amide bonds. The van der Waals surface area contributed by atoms with Crippen molar-refractivity contribution >= 4 is 5.71 Å². The molecule has 0 spiro atoms. The van der Waals surface area contributed by atoms with Crippen molar-refractivity contribution < 1.29 is 5.21 Å². The van der Waals surface area contributed by atoms with E-state index in [1.807, 2.05) is 18.2 Å². The molecule has 1 atom stereocenters. The van der Waals surface area contributed by atoms with E-state index in [1.54, 1.807) is 0 Å². The fraction of sp³-hybridized carbons (Fsp3) is 0.300. The highest BCUT2D eigenvalue weighted by molar-refractivity contribution is 5.95. The zero-order valence-electron chi connectivity index (χ0n) is 6.77. The molecular weight excluding hydrogens is 150 g/mol. The molecule has 62 valence electrons. The standard InChI is InChI=1S/C10H11NO/c12-11-10-7-6-9(10)8-4-2-1-3-5-8/h1-5,9,12H,6-7H2/b11-10+. The van der Waals surface area contributed by atoms with Gasteiger partial charge in [-0.2, -0.15) is 0 Å². The Kier molecular flexibility index (Phi) is 1.82. The molecule has 1 aliphatic carbocycles. The molecule has 0 aliphatic heterocycles. The lowest BCUT2D eigenvalue weighted by atomic mass is 9.78. The van der Waals surface area contributed by atoms with E-state index < -0.39 is 0 Å². The van der Waals surface area contributed by atoms with Gasteiger partial charge in [-0.1, -0.05) is 35.5 Å². The Bertz CT molecular complexity index is 292. The van der Waals surface area contributed by atoms with Crippen LogP contribution in [0.2, 0.25) is 0 Å². The van der Waals surface area contributed by atoms with Gasteiger partial charge in [-0.25, -0.2) is 0 Å². The van der Waals surface area contributed by atoms with E-state index in [9.17, 15) is 0 Å². The van der Waals surface area contributed by atoms with Gasteiger partial charge in [0, 0.05) is 5.92 Å². The fourth-order valence-corrected chi connectivity index (χ4v) is 1.58. The highest BCUT2D eigenvalue weighted by atomic mass is 16.4. The van der Waals surface area contributed by atoms with Crippen LogP contribution in [0.1, 0.15) is 24.3 Å². The molecule has 2 heteroatoms. The molecule has 0 saturated heterocycles. The molecule has 0 aromatic heterocycles. The first kappa shape index (κ1) is 7.35. The summed E-state index contributed by atoms with van der Waals surface area (Å²) in [7, 11) is 0. The van der Waals surface area contributed by atoms with Crippen LogP contribution in [-0.4, -0.2) is 10.9 Å². The summed E-state index contributed by atoms with van der Waals surface area (Å²) in [5.41, 5.74) is 2.18. The zero-order chi connectivity index (χ0) is 8.39. The van der Waals surface area contributed by atoms with E-state index in [-0.39, 0.29) is 0 Å². The molecule has 2 rings (SSSR count). The van der Waals surface area contributed by atoms with Gasteiger partial charge in [-0.15, -0.1) is 0 Å². The number of benzene rings is 1. The Balaban J connectivity index is 2.22. The molecule has 1 fully saturated rings. The van der Waals surface area contributed by atoms with Crippen LogP contribution in [0.3, 0.4) is 0 Å². The Morgan fingerprint density at radius 2 is 2.00 bits per heavy atom. The SMILES string of the molecule is O/N=C1\CCC1c1ccccc1. The summed E-state index contributed by atoms with van der Waals surface area (Å²) in [6, 6.07) is 10.2. The minimum Gasteiger partial charge on any atom is -0.411 e. The van der Waals surface area contributed by atoms with Crippen molar-refractivity contribution in [1.82, 2.24) is 0 Å². The predicted molar refractivity (Wildman–Crippen MR) is 47.6 cm³/mol. The molecule has 12 heavy (non-hydrogen) atoms. The van der Waals surface area contributed by atoms with Gasteiger partial charge in [0.15, 0.2) is 0 Å². The minimum atomic E-state index is 0.371. The van der Waals surface area contributed by atoms with Crippen molar-refractivity contribution in [2.45, 2.75) is 18.8 Å². The number of hydrogen-bond donors (Lipinski definition) is 1. The molecule has 0 bridgehead atoms. The molecule has 1 aromatic carbocycles. The summed E-state index contributed by atoms with van der Waals surface area (Å²) in [5.74, 6) is 0.371. The summed E-state index contributed by atoms with van der Waals surface area (Å²) in [6.45, 7) is 0.